The van der Waals surface area contributed by atoms with E-state index in [2.05, 4.69) is 6.07 Å². The number of aryl methyl sites for hydroxylation is 1. The lowest BCUT2D eigenvalue weighted by Gasteiger charge is -1.99. The van der Waals surface area contributed by atoms with Crippen molar-refractivity contribution in [3.05, 3.63) is 29.8 Å². The number of rotatable bonds is 2. The zero-order valence-corrected chi connectivity index (χ0v) is 6.29. The van der Waals surface area contributed by atoms with Crippen LogP contribution in [0.2, 0.25) is 0 Å². The van der Waals surface area contributed by atoms with Gasteiger partial charge in [0.15, 0.2) is 6.61 Å². The van der Waals surface area contributed by atoms with E-state index in [1.807, 2.05) is 25.1 Å². The van der Waals surface area contributed by atoms with E-state index in [4.69, 9.17) is 10.00 Å². The van der Waals surface area contributed by atoms with E-state index in [1.54, 1.807) is 6.07 Å². The number of hydrogen-bond donors (Lipinski definition) is 0. The van der Waals surface area contributed by atoms with Gasteiger partial charge in [-0.2, -0.15) is 5.26 Å². The monoisotopic (exact) mass is 146 g/mol. The fourth-order valence-electron chi connectivity index (χ4n) is 0.688. The summed E-state index contributed by atoms with van der Waals surface area (Å²) in [6.45, 7) is 2.06. The minimum Gasteiger partial charge on any atom is -0.478 e. The van der Waals surface area contributed by atoms with Gasteiger partial charge >= 0.3 is 0 Å². The molecule has 0 aromatic heterocycles. The van der Waals surface area contributed by atoms with Crippen molar-refractivity contribution in [3.8, 4) is 11.8 Å². The van der Waals surface area contributed by atoms with Crippen LogP contribution >= 0.6 is 0 Å². The molecule has 0 N–H and O–H groups in total. The second-order valence-corrected chi connectivity index (χ2v) is 2.18. The Hall–Kier alpha value is -1.49. The van der Waals surface area contributed by atoms with Crippen LogP contribution < -0.4 is 4.74 Å². The molecule has 0 aliphatic rings. The van der Waals surface area contributed by atoms with Crippen LogP contribution in [-0.4, -0.2) is 6.61 Å². The summed E-state index contributed by atoms with van der Waals surface area (Å²) >= 11 is 0. The van der Waals surface area contributed by atoms with E-state index in [-0.39, 0.29) is 6.61 Å². The molecule has 1 rings (SSSR count). The van der Waals surface area contributed by atoms with Crippen molar-refractivity contribution < 1.29 is 4.74 Å². The highest BCUT2D eigenvalue weighted by atomic mass is 16.5. The quantitative estimate of drug-likeness (QED) is 0.636. The number of nitriles is 1. The molecule has 1 radical (unpaired) electrons. The van der Waals surface area contributed by atoms with E-state index in [0.29, 0.717) is 5.75 Å². The molecule has 0 amide bonds. The summed E-state index contributed by atoms with van der Waals surface area (Å²) in [5.74, 6) is 0.622. The van der Waals surface area contributed by atoms with Crippen molar-refractivity contribution in [2.24, 2.45) is 0 Å². The minimum atomic E-state index is 0.0829. The normalized spacial score (nSPS) is 8.73. The molecule has 0 aliphatic carbocycles. The predicted octanol–water partition coefficient (Wildman–Crippen LogP) is 1.70. The van der Waals surface area contributed by atoms with Gasteiger partial charge in [-0.05, 0) is 19.1 Å². The first-order valence-electron chi connectivity index (χ1n) is 3.31. The van der Waals surface area contributed by atoms with Crippen LogP contribution in [0, 0.1) is 24.3 Å². The first-order chi connectivity index (χ1) is 5.33. The maximum atomic E-state index is 8.19. The Morgan fingerprint density at radius 3 is 3.00 bits per heavy atom. The Morgan fingerprint density at radius 2 is 2.45 bits per heavy atom. The van der Waals surface area contributed by atoms with Gasteiger partial charge in [0.05, 0.1) is 0 Å². The van der Waals surface area contributed by atoms with Gasteiger partial charge in [0.25, 0.3) is 0 Å². The first kappa shape index (κ1) is 7.62. The summed E-state index contributed by atoms with van der Waals surface area (Å²) < 4.78 is 4.99. The molecule has 1 aromatic rings. The van der Waals surface area contributed by atoms with Crippen molar-refractivity contribution in [2.75, 3.05) is 6.61 Å². The number of nitrogens with zero attached hydrogens (tertiary/aromatic N) is 1. The van der Waals surface area contributed by atoms with Gasteiger partial charge in [-0.3, -0.25) is 0 Å². The topological polar surface area (TPSA) is 33.0 Å². The van der Waals surface area contributed by atoms with Gasteiger partial charge < -0.3 is 4.74 Å². The molecular weight excluding hydrogens is 138 g/mol. The standard InChI is InChI=1S/C9H8NO/c1-8-2-4-9(5-3-8)11-7-6-10/h2-4H,7H2,1H3. The summed E-state index contributed by atoms with van der Waals surface area (Å²) in [5, 5.41) is 8.19. The summed E-state index contributed by atoms with van der Waals surface area (Å²) in [6, 6.07) is 10.3. The van der Waals surface area contributed by atoms with Crippen LogP contribution in [0.3, 0.4) is 0 Å². The van der Waals surface area contributed by atoms with E-state index < -0.39 is 0 Å². The van der Waals surface area contributed by atoms with Gasteiger partial charge in [-0.25, -0.2) is 0 Å². The third kappa shape index (κ3) is 2.30. The molecule has 0 saturated carbocycles. The molecule has 11 heavy (non-hydrogen) atoms. The molecule has 1 aromatic carbocycles. The fraction of sp³-hybridized carbons (Fsp3) is 0.222. The maximum absolute atomic E-state index is 8.19. The second kappa shape index (κ2) is 3.62. The SMILES string of the molecule is Cc1c[c]c(OCC#N)cc1. The molecule has 0 saturated heterocycles. The third-order valence-electron chi connectivity index (χ3n) is 1.23. The maximum Gasteiger partial charge on any atom is 0.174 e. The first-order valence-corrected chi connectivity index (χ1v) is 3.31. The molecule has 2 heteroatoms. The van der Waals surface area contributed by atoms with Crippen LogP contribution in [0.5, 0.6) is 5.75 Å². The van der Waals surface area contributed by atoms with Crippen molar-refractivity contribution in [1.29, 1.82) is 5.26 Å². The molecule has 0 aliphatic heterocycles. The van der Waals surface area contributed by atoms with Gasteiger partial charge in [0, 0.05) is 6.07 Å². The van der Waals surface area contributed by atoms with E-state index in [0.717, 1.165) is 5.56 Å². The largest absolute Gasteiger partial charge is 0.478 e. The summed E-state index contributed by atoms with van der Waals surface area (Å²) in [4.78, 5) is 0. The Balaban J connectivity index is 2.60. The van der Waals surface area contributed by atoms with Crippen LogP contribution in [0.25, 0.3) is 0 Å². The lowest BCUT2D eigenvalue weighted by molar-refractivity contribution is 0.367. The van der Waals surface area contributed by atoms with Crippen LogP contribution in [0.15, 0.2) is 18.2 Å². The Labute approximate surface area is 66.0 Å². The number of benzene rings is 1. The molecule has 0 unspecified atom stereocenters. The average molecular weight is 146 g/mol. The average Bonchev–Trinajstić information content (AvgIpc) is 2.04. The van der Waals surface area contributed by atoms with E-state index in [1.165, 1.54) is 0 Å². The molecule has 0 heterocycles. The predicted molar refractivity (Wildman–Crippen MR) is 41.1 cm³/mol. The highest BCUT2D eigenvalue weighted by Gasteiger charge is 1.90. The van der Waals surface area contributed by atoms with E-state index >= 15 is 0 Å². The second-order valence-electron chi connectivity index (χ2n) is 2.18. The van der Waals surface area contributed by atoms with Crippen LogP contribution in [0.4, 0.5) is 0 Å². The van der Waals surface area contributed by atoms with Crippen molar-refractivity contribution in [2.45, 2.75) is 6.92 Å². The van der Waals surface area contributed by atoms with E-state index in [9.17, 15) is 0 Å². The molecule has 0 spiro atoms. The molecule has 0 atom stereocenters. The molecule has 0 fully saturated rings. The summed E-state index contributed by atoms with van der Waals surface area (Å²) in [5.41, 5.74) is 1.13. The molecule has 0 bridgehead atoms. The highest BCUT2D eigenvalue weighted by molar-refractivity contribution is 5.24. The highest BCUT2D eigenvalue weighted by Crippen LogP contribution is 2.09. The van der Waals surface area contributed by atoms with Crippen molar-refractivity contribution in [1.82, 2.24) is 0 Å². The molecule has 55 valence electrons. The lowest BCUT2D eigenvalue weighted by atomic mass is 10.2. The Kier molecular flexibility index (Phi) is 2.51. The third-order valence-corrected chi connectivity index (χ3v) is 1.23. The van der Waals surface area contributed by atoms with Crippen molar-refractivity contribution >= 4 is 0 Å². The zero-order chi connectivity index (χ0) is 8.10. The Morgan fingerprint density at radius 1 is 1.64 bits per heavy atom. The van der Waals surface area contributed by atoms with Gasteiger partial charge in [0.1, 0.15) is 11.8 Å². The van der Waals surface area contributed by atoms with Gasteiger partial charge in [-0.1, -0.05) is 11.6 Å². The lowest BCUT2D eigenvalue weighted by Crippen LogP contribution is -1.92. The minimum absolute atomic E-state index is 0.0829. The molecule has 2 nitrogen and oxygen atoms in total. The summed E-state index contributed by atoms with van der Waals surface area (Å²) in [6.07, 6.45) is 0. The smallest absolute Gasteiger partial charge is 0.174 e. The van der Waals surface area contributed by atoms with Crippen LogP contribution in [0.1, 0.15) is 5.56 Å². The summed E-state index contributed by atoms with van der Waals surface area (Å²) in [7, 11) is 0. The van der Waals surface area contributed by atoms with Crippen LogP contribution in [-0.2, 0) is 0 Å². The number of hydrogen-bond acceptors (Lipinski definition) is 2. The Bertz CT molecular complexity index is 258. The zero-order valence-electron chi connectivity index (χ0n) is 6.29. The molecular formula is C9H8NO. The van der Waals surface area contributed by atoms with Gasteiger partial charge in [-0.15, -0.1) is 0 Å². The van der Waals surface area contributed by atoms with Crippen molar-refractivity contribution in [3.63, 3.8) is 0 Å². The number of ether oxygens (including phenoxy) is 1. The van der Waals surface area contributed by atoms with Gasteiger partial charge in [0.2, 0.25) is 0 Å². The fourth-order valence-corrected chi connectivity index (χ4v) is 0.688.